The molecule has 3 nitrogen and oxygen atoms in total. The Bertz CT molecular complexity index is 398. The van der Waals surface area contributed by atoms with Crippen LogP contribution in [0, 0.1) is 0 Å². The molecule has 0 aliphatic carbocycles. The minimum Gasteiger partial charge on any atom is -0.496 e. The maximum atomic E-state index is 5.37. The molecule has 4 heteroatoms. The maximum absolute atomic E-state index is 5.37. The molecule has 0 saturated carbocycles. The van der Waals surface area contributed by atoms with Gasteiger partial charge in [0, 0.05) is 18.7 Å². The number of thioether (sulfide) groups is 1. The highest BCUT2D eigenvalue weighted by Gasteiger charge is 2.09. The van der Waals surface area contributed by atoms with Crippen LogP contribution in [0.4, 0.5) is 0 Å². The number of rotatable bonds is 11. The lowest BCUT2D eigenvalue weighted by Gasteiger charge is -2.17. The lowest BCUT2D eigenvalue weighted by atomic mass is 10.0. The van der Waals surface area contributed by atoms with Gasteiger partial charge in [0.25, 0.3) is 0 Å². The summed E-state index contributed by atoms with van der Waals surface area (Å²) >= 11 is 1.93. The van der Waals surface area contributed by atoms with Gasteiger partial charge in [0.15, 0.2) is 0 Å². The monoisotopic (exact) mass is 311 g/mol. The number of ether oxygens (including phenoxy) is 2. The topological polar surface area (TPSA) is 30.5 Å². The minimum atomic E-state index is 0.354. The van der Waals surface area contributed by atoms with E-state index in [4.69, 9.17) is 9.47 Å². The molecule has 1 aromatic rings. The van der Waals surface area contributed by atoms with Gasteiger partial charge < -0.3 is 14.8 Å². The number of nitrogens with one attached hydrogen (secondary N) is 1. The minimum absolute atomic E-state index is 0.354. The highest BCUT2D eigenvalue weighted by Crippen LogP contribution is 2.24. The molecule has 0 spiro atoms. The normalized spacial score (nSPS) is 12.4. The molecule has 1 aromatic carbocycles. The molecule has 120 valence electrons. The molecule has 1 rings (SSSR count). The highest BCUT2D eigenvalue weighted by atomic mass is 32.2. The summed E-state index contributed by atoms with van der Waals surface area (Å²) in [4.78, 5) is 0. The Kier molecular flexibility index (Phi) is 9.55. The van der Waals surface area contributed by atoms with Crippen LogP contribution in [-0.4, -0.2) is 32.8 Å². The van der Waals surface area contributed by atoms with Crippen molar-refractivity contribution in [3.05, 3.63) is 29.3 Å². The van der Waals surface area contributed by atoms with Crippen molar-refractivity contribution in [3.8, 4) is 5.75 Å². The van der Waals surface area contributed by atoms with E-state index in [1.54, 1.807) is 14.2 Å². The van der Waals surface area contributed by atoms with Gasteiger partial charge in [0.2, 0.25) is 0 Å². The lowest BCUT2D eigenvalue weighted by molar-refractivity contribution is 0.181. The first kappa shape index (κ1) is 18.3. The second kappa shape index (κ2) is 10.9. The molecule has 0 aliphatic rings. The van der Waals surface area contributed by atoms with E-state index in [1.165, 1.54) is 30.6 Å². The van der Waals surface area contributed by atoms with E-state index in [2.05, 4.69) is 30.6 Å². The van der Waals surface area contributed by atoms with Crippen LogP contribution >= 0.6 is 11.8 Å². The fourth-order valence-corrected chi connectivity index (χ4v) is 2.81. The highest BCUT2D eigenvalue weighted by molar-refractivity contribution is 7.98. The zero-order valence-electron chi connectivity index (χ0n) is 13.8. The summed E-state index contributed by atoms with van der Waals surface area (Å²) in [6.07, 6.45) is 6.03. The molecular weight excluding hydrogens is 282 g/mol. The largest absolute Gasteiger partial charge is 0.496 e. The SMILES string of the molecule is COCc1cc(C(C)NCCCCCSC)ccc1OC. The average molecular weight is 311 g/mol. The van der Waals surface area contributed by atoms with Crippen LogP contribution in [0.5, 0.6) is 5.75 Å². The molecule has 0 fully saturated rings. The summed E-state index contributed by atoms with van der Waals surface area (Å²) in [7, 11) is 3.41. The lowest BCUT2D eigenvalue weighted by Crippen LogP contribution is -2.20. The second-order valence-corrected chi connectivity index (χ2v) is 6.22. The van der Waals surface area contributed by atoms with Gasteiger partial charge in [-0.2, -0.15) is 11.8 Å². The van der Waals surface area contributed by atoms with Crippen LogP contribution in [-0.2, 0) is 11.3 Å². The van der Waals surface area contributed by atoms with E-state index in [-0.39, 0.29) is 0 Å². The smallest absolute Gasteiger partial charge is 0.124 e. The van der Waals surface area contributed by atoms with Gasteiger partial charge in [-0.1, -0.05) is 12.5 Å². The van der Waals surface area contributed by atoms with Crippen LogP contribution in [0.3, 0.4) is 0 Å². The number of hydrogen-bond donors (Lipinski definition) is 1. The molecule has 0 heterocycles. The average Bonchev–Trinajstić information content (AvgIpc) is 2.50. The number of hydrogen-bond acceptors (Lipinski definition) is 4. The Hall–Kier alpha value is -0.710. The zero-order chi connectivity index (χ0) is 15.5. The number of methoxy groups -OCH3 is 2. The maximum Gasteiger partial charge on any atom is 0.124 e. The molecule has 1 N–H and O–H groups in total. The van der Waals surface area contributed by atoms with Gasteiger partial charge in [-0.3, -0.25) is 0 Å². The first-order valence-electron chi connectivity index (χ1n) is 7.61. The van der Waals surface area contributed by atoms with Crippen molar-refractivity contribution in [2.45, 2.75) is 38.8 Å². The molecule has 0 saturated heterocycles. The summed E-state index contributed by atoms with van der Waals surface area (Å²) in [5.41, 5.74) is 2.39. The van der Waals surface area contributed by atoms with Crippen molar-refractivity contribution in [2.75, 3.05) is 32.8 Å². The summed E-state index contributed by atoms with van der Waals surface area (Å²) in [6, 6.07) is 6.68. The van der Waals surface area contributed by atoms with Crippen molar-refractivity contribution in [3.63, 3.8) is 0 Å². The molecule has 0 aliphatic heterocycles. The van der Waals surface area contributed by atoms with Gasteiger partial charge in [0.1, 0.15) is 5.75 Å². The van der Waals surface area contributed by atoms with Crippen LogP contribution in [0.1, 0.15) is 43.4 Å². The quantitative estimate of drug-likeness (QED) is 0.625. The van der Waals surface area contributed by atoms with Gasteiger partial charge in [-0.25, -0.2) is 0 Å². The van der Waals surface area contributed by atoms with Gasteiger partial charge >= 0.3 is 0 Å². The van der Waals surface area contributed by atoms with Gasteiger partial charge in [-0.15, -0.1) is 0 Å². The molecule has 0 amide bonds. The van der Waals surface area contributed by atoms with E-state index in [0.29, 0.717) is 12.6 Å². The molecule has 21 heavy (non-hydrogen) atoms. The standard InChI is InChI=1S/C17H29NO2S/c1-14(18-10-6-5-7-11-21-4)15-8-9-17(20-3)16(12-15)13-19-2/h8-9,12,14,18H,5-7,10-11,13H2,1-4H3. The van der Waals surface area contributed by atoms with E-state index in [0.717, 1.165) is 17.9 Å². The fourth-order valence-electron chi connectivity index (χ4n) is 2.32. The Morgan fingerprint density at radius 2 is 2.00 bits per heavy atom. The summed E-state index contributed by atoms with van der Waals surface area (Å²) in [6.45, 7) is 3.86. The third-order valence-corrected chi connectivity index (χ3v) is 4.28. The van der Waals surface area contributed by atoms with E-state index in [1.807, 2.05) is 17.8 Å². The summed E-state index contributed by atoms with van der Waals surface area (Å²) in [5.74, 6) is 2.17. The Morgan fingerprint density at radius 3 is 2.67 bits per heavy atom. The number of unbranched alkanes of at least 4 members (excludes halogenated alkanes) is 2. The molecule has 0 aromatic heterocycles. The Labute approximate surface area is 133 Å². The number of benzene rings is 1. The molecule has 0 radical (unpaired) electrons. The second-order valence-electron chi connectivity index (χ2n) is 5.23. The Balaban J connectivity index is 2.46. The van der Waals surface area contributed by atoms with Crippen molar-refractivity contribution in [1.29, 1.82) is 0 Å². The first-order valence-corrected chi connectivity index (χ1v) is 9.00. The fraction of sp³-hybridized carbons (Fsp3) is 0.647. The predicted molar refractivity (Wildman–Crippen MR) is 92.4 cm³/mol. The zero-order valence-corrected chi connectivity index (χ0v) is 14.6. The Morgan fingerprint density at radius 1 is 1.19 bits per heavy atom. The van der Waals surface area contributed by atoms with Crippen LogP contribution in [0.2, 0.25) is 0 Å². The van der Waals surface area contributed by atoms with Crippen molar-refractivity contribution in [2.24, 2.45) is 0 Å². The summed E-state index contributed by atoms with van der Waals surface area (Å²) < 4.78 is 10.6. The first-order chi connectivity index (χ1) is 10.2. The van der Waals surface area contributed by atoms with Crippen molar-refractivity contribution in [1.82, 2.24) is 5.32 Å². The van der Waals surface area contributed by atoms with Crippen molar-refractivity contribution >= 4 is 11.8 Å². The molecule has 1 unspecified atom stereocenters. The van der Waals surface area contributed by atoms with Crippen LogP contribution < -0.4 is 10.1 Å². The van der Waals surface area contributed by atoms with E-state index < -0.39 is 0 Å². The van der Waals surface area contributed by atoms with Gasteiger partial charge in [-0.05, 0) is 56.0 Å². The molecule has 1 atom stereocenters. The van der Waals surface area contributed by atoms with Crippen LogP contribution in [0.25, 0.3) is 0 Å². The van der Waals surface area contributed by atoms with Crippen molar-refractivity contribution < 1.29 is 9.47 Å². The third kappa shape index (κ3) is 6.72. The molecule has 0 bridgehead atoms. The third-order valence-electron chi connectivity index (χ3n) is 3.58. The van der Waals surface area contributed by atoms with Crippen LogP contribution in [0.15, 0.2) is 18.2 Å². The van der Waals surface area contributed by atoms with E-state index in [9.17, 15) is 0 Å². The van der Waals surface area contributed by atoms with E-state index >= 15 is 0 Å². The molecular formula is C17H29NO2S. The summed E-state index contributed by atoms with van der Waals surface area (Å²) in [5, 5.41) is 3.59. The van der Waals surface area contributed by atoms with Gasteiger partial charge in [0.05, 0.1) is 13.7 Å². The predicted octanol–water partition coefficient (Wildman–Crippen LogP) is 4.03.